The van der Waals surface area contributed by atoms with Gasteiger partial charge in [0.05, 0.1) is 12.6 Å². The highest BCUT2D eigenvalue weighted by Gasteiger charge is 2.11. The van der Waals surface area contributed by atoms with Crippen molar-refractivity contribution in [3.63, 3.8) is 0 Å². The zero-order valence-electron chi connectivity index (χ0n) is 14.9. The van der Waals surface area contributed by atoms with Crippen LogP contribution in [0.1, 0.15) is 43.1 Å². The molecule has 1 aromatic heterocycles. The first-order valence-corrected chi connectivity index (χ1v) is 8.46. The number of unbranched alkanes of at least 4 members (excludes halogenated alkanes) is 1. The van der Waals surface area contributed by atoms with Crippen molar-refractivity contribution in [2.45, 2.75) is 53.0 Å². The first-order chi connectivity index (χ1) is 11.5. The Bertz CT molecular complexity index is 654. The monoisotopic (exact) mass is 329 g/mol. The van der Waals surface area contributed by atoms with Gasteiger partial charge in [0, 0.05) is 5.69 Å². The lowest BCUT2D eigenvalue weighted by Crippen LogP contribution is -2.25. The second-order valence-electron chi connectivity index (χ2n) is 6.09. The molecule has 0 saturated carbocycles. The van der Waals surface area contributed by atoms with E-state index in [2.05, 4.69) is 58.5 Å². The normalized spacial score (nSPS) is 12.0. The third-order valence-corrected chi connectivity index (χ3v) is 3.92. The van der Waals surface area contributed by atoms with Gasteiger partial charge in [-0.15, -0.1) is 0 Å². The minimum absolute atomic E-state index is 0.0419. The van der Waals surface area contributed by atoms with Crippen LogP contribution in [0.2, 0.25) is 0 Å². The highest BCUT2D eigenvalue weighted by molar-refractivity contribution is 5.63. The van der Waals surface area contributed by atoms with Crippen LogP contribution in [-0.2, 0) is 0 Å². The topological polar surface area (TPSA) is 83.0 Å². The maximum absolute atomic E-state index is 9.51. The summed E-state index contributed by atoms with van der Waals surface area (Å²) in [6.07, 6.45) is 3.03. The molecule has 0 bridgehead atoms. The van der Waals surface area contributed by atoms with E-state index in [0.717, 1.165) is 36.1 Å². The van der Waals surface area contributed by atoms with Crippen LogP contribution in [0.3, 0.4) is 0 Å². The number of hydrogen-bond acceptors (Lipinski definition) is 6. The summed E-state index contributed by atoms with van der Waals surface area (Å²) in [7, 11) is 0. The molecule has 6 nitrogen and oxygen atoms in total. The molecule has 2 rings (SSSR count). The molecule has 0 spiro atoms. The second-order valence-corrected chi connectivity index (χ2v) is 6.09. The van der Waals surface area contributed by atoms with Gasteiger partial charge in [0.2, 0.25) is 11.9 Å². The molecule has 1 atom stereocenters. The van der Waals surface area contributed by atoms with Crippen LogP contribution in [0.15, 0.2) is 18.2 Å². The minimum Gasteiger partial charge on any atom is -0.394 e. The molecule has 0 aliphatic heterocycles. The summed E-state index contributed by atoms with van der Waals surface area (Å²) in [6, 6.07) is 6.09. The SMILES string of the molecule is CCCCC(CO)Nc1nc(C)nc(Nc2c(C)cccc2C)n1. The van der Waals surface area contributed by atoms with Crippen LogP contribution < -0.4 is 10.6 Å². The third kappa shape index (κ3) is 4.89. The maximum Gasteiger partial charge on any atom is 0.232 e. The van der Waals surface area contributed by atoms with Crippen molar-refractivity contribution in [1.29, 1.82) is 0 Å². The van der Waals surface area contributed by atoms with Gasteiger partial charge in [0.15, 0.2) is 0 Å². The average Bonchev–Trinajstić information content (AvgIpc) is 2.54. The number of anilines is 3. The smallest absolute Gasteiger partial charge is 0.232 e. The number of aliphatic hydroxyl groups is 1. The van der Waals surface area contributed by atoms with Crippen molar-refractivity contribution in [3.05, 3.63) is 35.2 Å². The zero-order chi connectivity index (χ0) is 17.5. The number of benzene rings is 1. The van der Waals surface area contributed by atoms with Crippen molar-refractivity contribution in [1.82, 2.24) is 15.0 Å². The molecule has 130 valence electrons. The average molecular weight is 329 g/mol. The van der Waals surface area contributed by atoms with Gasteiger partial charge in [-0.2, -0.15) is 15.0 Å². The summed E-state index contributed by atoms with van der Waals surface area (Å²) in [4.78, 5) is 13.2. The fourth-order valence-electron chi connectivity index (χ4n) is 2.57. The van der Waals surface area contributed by atoms with Crippen LogP contribution in [0.25, 0.3) is 0 Å². The van der Waals surface area contributed by atoms with E-state index in [1.54, 1.807) is 0 Å². The first kappa shape index (κ1) is 18.1. The maximum atomic E-state index is 9.51. The number of para-hydroxylation sites is 1. The van der Waals surface area contributed by atoms with Crippen molar-refractivity contribution < 1.29 is 5.11 Å². The number of aryl methyl sites for hydroxylation is 3. The van der Waals surface area contributed by atoms with Gasteiger partial charge in [-0.25, -0.2) is 0 Å². The highest BCUT2D eigenvalue weighted by atomic mass is 16.3. The number of nitrogens with one attached hydrogen (secondary N) is 2. The standard InChI is InChI=1S/C18H27N5O/c1-5-6-10-15(11-24)21-17-19-14(4)20-18(23-17)22-16-12(2)8-7-9-13(16)3/h7-9,15,24H,5-6,10-11H2,1-4H3,(H2,19,20,21,22,23). The Morgan fingerprint density at radius 3 is 2.33 bits per heavy atom. The Morgan fingerprint density at radius 2 is 1.71 bits per heavy atom. The molecule has 0 radical (unpaired) electrons. The molecule has 0 aliphatic rings. The van der Waals surface area contributed by atoms with E-state index in [0.29, 0.717) is 17.7 Å². The van der Waals surface area contributed by atoms with Crippen LogP contribution in [-0.4, -0.2) is 32.7 Å². The quantitative estimate of drug-likeness (QED) is 0.687. The van der Waals surface area contributed by atoms with Crippen LogP contribution >= 0.6 is 0 Å². The van der Waals surface area contributed by atoms with Crippen molar-refractivity contribution in [3.8, 4) is 0 Å². The lowest BCUT2D eigenvalue weighted by Gasteiger charge is -2.17. The molecule has 1 aromatic carbocycles. The number of aromatic nitrogens is 3. The lowest BCUT2D eigenvalue weighted by molar-refractivity contribution is 0.266. The molecule has 0 fully saturated rings. The number of nitrogens with zero attached hydrogens (tertiary/aromatic N) is 3. The summed E-state index contributed by atoms with van der Waals surface area (Å²) in [5.41, 5.74) is 3.29. The first-order valence-electron chi connectivity index (χ1n) is 8.46. The lowest BCUT2D eigenvalue weighted by atomic mass is 10.1. The Balaban J connectivity index is 2.19. The Labute approximate surface area is 143 Å². The van der Waals surface area contributed by atoms with E-state index in [-0.39, 0.29) is 12.6 Å². The molecular weight excluding hydrogens is 302 g/mol. The van der Waals surface area contributed by atoms with E-state index >= 15 is 0 Å². The minimum atomic E-state index is -0.0419. The predicted molar refractivity (Wildman–Crippen MR) is 97.8 cm³/mol. The molecule has 1 heterocycles. The van der Waals surface area contributed by atoms with Crippen LogP contribution in [0.5, 0.6) is 0 Å². The van der Waals surface area contributed by atoms with Crippen LogP contribution in [0.4, 0.5) is 17.6 Å². The van der Waals surface area contributed by atoms with E-state index in [1.165, 1.54) is 0 Å². The molecule has 6 heteroatoms. The third-order valence-electron chi connectivity index (χ3n) is 3.92. The zero-order valence-corrected chi connectivity index (χ0v) is 14.9. The molecule has 0 aliphatic carbocycles. The largest absolute Gasteiger partial charge is 0.394 e. The fourth-order valence-corrected chi connectivity index (χ4v) is 2.57. The predicted octanol–water partition coefficient (Wildman–Crippen LogP) is 3.50. The summed E-state index contributed by atoms with van der Waals surface area (Å²) in [6.45, 7) is 8.13. The van der Waals surface area contributed by atoms with Gasteiger partial charge >= 0.3 is 0 Å². The fraction of sp³-hybridized carbons (Fsp3) is 0.500. The summed E-state index contributed by atoms with van der Waals surface area (Å²) < 4.78 is 0. The van der Waals surface area contributed by atoms with Gasteiger partial charge in [-0.1, -0.05) is 38.0 Å². The summed E-state index contributed by atoms with van der Waals surface area (Å²) in [5, 5.41) is 16.0. The van der Waals surface area contributed by atoms with Gasteiger partial charge in [-0.3, -0.25) is 0 Å². The Kier molecular flexibility index (Phi) is 6.49. The molecular formula is C18H27N5O. The van der Waals surface area contributed by atoms with Crippen molar-refractivity contribution in [2.24, 2.45) is 0 Å². The molecule has 2 aromatic rings. The summed E-state index contributed by atoms with van der Waals surface area (Å²) in [5.74, 6) is 1.63. The van der Waals surface area contributed by atoms with Gasteiger partial charge in [-0.05, 0) is 38.3 Å². The highest BCUT2D eigenvalue weighted by Crippen LogP contribution is 2.23. The van der Waals surface area contributed by atoms with Crippen molar-refractivity contribution >= 4 is 17.6 Å². The molecule has 24 heavy (non-hydrogen) atoms. The van der Waals surface area contributed by atoms with E-state index in [9.17, 15) is 5.11 Å². The second kappa shape index (κ2) is 8.59. The molecule has 0 saturated heterocycles. The van der Waals surface area contributed by atoms with Gasteiger partial charge < -0.3 is 15.7 Å². The summed E-state index contributed by atoms with van der Waals surface area (Å²) >= 11 is 0. The van der Waals surface area contributed by atoms with E-state index in [1.807, 2.05) is 13.0 Å². The number of rotatable bonds is 8. The van der Waals surface area contributed by atoms with Crippen LogP contribution in [0, 0.1) is 20.8 Å². The van der Waals surface area contributed by atoms with E-state index in [4.69, 9.17) is 0 Å². The van der Waals surface area contributed by atoms with Gasteiger partial charge in [0.25, 0.3) is 0 Å². The molecule has 1 unspecified atom stereocenters. The molecule has 3 N–H and O–H groups in total. The number of hydrogen-bond donors (Lipinski definition) is 3. The Morgan fingerprint density at radius 1 is 1.04 bits per heavy atom. The van der Waals surface area contributed by atoms with Gasteiger partial charge in [0.1, 0.15) is 5.82 Å². The Hall–Kier alpha value is -2.21. The number of aliphatic hydroxyl groups excluding tert-OH is 1. The molecule has 0 amide bonds. The van der Waals surface area contributed by atoms with E-state index < -0.39 is 0 Å². The van der Waals surface area contributed by atoms with Crippen molar-refractivity contribution in [2.75, 3.05) is 17.2 Å².